The highest BCUT2D eigenvalue weighted by Crippen LogP contribution is 2.22. The number of aromatic amines is 1. The van der Waals surface area contributed by atoms with Crippen LogP contribution < -0.4 is 0 Å². The maximum Gasteiger partial charge on any atom is 0.158 e. The van der Waals surface area contributed by atoms with Gasteiger partial charge in [0.25, 0.3) is 0 Å². The van der Waals surface area contributed by atoms with Crippen molar-refractivity contribution in [2.24, 2.45) is 0 Å². The third kappa shape index (κ3) is 2.98. The van der Waals surface area contributed by atoms with Crippen molar-refractivity contribution in [1.82, 2.24) is 15.0 Å². The van der Waals surface area contributed by atoms with Crippen molar-refractivity contribution in [3.8, 4) is 11.5 Å². The first kappa shape index (κ1) is 12.4. The molecule has 0 saturated carbocycles. The number of halogens is 1. The maximum atomic E-state index is 5.17. The summed E-state index contributed by atoms with van der Waals surface area (Å²) >= 11 is 8.63. The third-order valence-corrected chi connectivity index (χ3v) is 3.15. The topological polar surface area (TPSA) is 41.6 Å². The van der Waals surface area contributed by atoms with Crippen LogP contribution in [0.4, 0.5) is 0 Å². The van der Waals surface area contributed by atoms with Crippen molar-refractivity contribution in [3.05, 3.63) is 39.2 Å². The number of pyridine rings is 1. The van der Waals surface area contributed by atoms with E-state index in [1.165, 1.54) is 0 Å². The van der Waals surface area contributed by atoms with Crippen molar-refractivity contribution >= 4 is 28.1 Å². The van der Waals surface area contributed by atoms with Crippen LogP contribution >= 0.6 is 28.1 Å². The molecule has 0 radical (unpaired) electrons. The third-order valence-electron chi connectivity index (χ3n) is 2.30. The highest BCUT2D eigenvalue weighted by Gasteiger charge is 2.07. The lowest BCUT2D eigenvalue weighted by molar-refractivity contribution is 0.871. The molecular formula is C12H12BrN3S. The number of hydrogen-bond donors (Lipinski definition) is 1. The van der Waals surface area contributed by atoms with Gasteiger partial charge in [0, 0.05) is 16.4 Å². The number of aromatic nitrogens is 3. The van der Waals surface area contributed by atoms with Crippen LogP contribution in [-0.4, -0.2) is 15.0 Å². The minimum absolute atomic E-state index is 0.597. The molecule has 0 atom stereocenters. The monoisotopic (exact) mass is 309 g/mol. The first-order valence-electron chi connectivity index (χ1n) is 5.42. The molecule has 1 N–H and O–H groups in total. The number of nitrogens with zero attached hydrogens (tertiary/aromatic N) is 2. The summed E-state index contributed by atoms with van der Waals surface area (Å²) in [5, 5.41) is 0. The normalized spacial score (nSPS) is 10.5. The second-order valence-electron chi connectivity index (χ2n) is 3.68. The Balaban J connectivity index is 2.52. The van der Waals surface area contributed by atoms with Crippen LogP contribution in [0.1, 0.15) is 19.0 Å². The predicted molar refractivity (Wildman–Crippen MR) is 74.3 cm³/mol. The Kier molecular flexibility index (Phi) is 4.02. The number of nitrogens with one attached hydrogen (secondary N) is 1. The number of rotatable bonds is 3. The molecule has 0 fully saturated rings. The van der Waals surface area contributed by atoms with Gasteiger partial charge in [-0.05, 0) is 40.5 Å². The Morgan fingerprint density at radius 2 is 2.29 bits per heavy atom. The zero-order valence-corrected chi connectivity index (χ0v) is 11.8. The Hall–Kier alpha value is -1.07. The van der Waals surface area contributed by atoms with E-state index in [4.69, 9.17) is 12.2 Å². The summed E-state index contributed by atoms with van der Waals surface area (Å²) in [7, 11) is 0. The highest BCUT2D eigenvalue weighted by molar-refractivity contribution is 9.10. The molecule has 0 aliphatic heterocycles. The molecule has 2 heterocycles. The van der Waals surface area contributed by atoms with Crippen LogP contribution in [-0.2, 0) is 6.42 Å². The summed E-state index contributed by atoms with van der Waals surface area (Å²) in [6, 6.07) is 5.71. The fourth-order valence-electron chi connectivity index (χ4n) is 1.58. The lowest BCUT2D eigenvalue weighted by Crippen LogP contribution is -1.97. The Labute approximate surface area is 113 Å². The first-order chi connectivity index (χ1) is 8.20. The van der Waals surface area contributed by atoms with Crippen LogP contribution in [0.3, 0.4) is 0 Å². The molecule has 0 aliphatic rings. The molecule has 2 aromatic rings. The van der Waals surface area contributed by atoms with E-state index in [-0.39, 0.29) is 0 Å². The van der Waals surface area contributed by atoms with Gasteiger partial charge in [0.15, 0.2) is 5.82 Å². The maximum absolute atomic E-state index is 5.17. The van der Waals surface area contributed by atoms with E-state index in [2.05, 4.69) is 37.8 Å². The van der Waals surface area contributed by atoms with Crippen molar-refractivity contribution < 1.29 is 0 Å². The molecule has 3 nitrogen and oxygen atoms in total. The van der Waals surface area contributed by atoms with Crippen molar-refractivity contribution in [2.45, 2.75) is 19.8 Å². The lowest BCUT2D eigenvalue weighted by Gasteiger charge is -2.05. The van der Waals surface area contributed by atoms with Gasteiger partial charge in [-0.1, -0.05) is 25.6 Å². The van der Waals surface area contributed by atoms with Gasteiger partial charge in [0.2, 0.25) is 0 Å². The van der Waals surface area contributed by atoms with Gasteiger partial charge in [-0.15, -0.1) is 0 Å². The molecule has 0 aliphatic carbocycles. The summed E-state index contributed by atoms with van der Waals surface area (Å²) in [4.78, 5) is 11.9. The molecule has 2 aromatic heterocycles. The van der Waals surface area contributed by atoms with Gasteiger partial charge >= 0.3 is 0 Å². The first-order valence-corrected chi connectivity index (χ1v) is 6.62. The lowest BCUT2D eigenvalue weighted by atomic mass is 10.2. The van der Waals surface area contributed by atoms with E-state index < -0.39 is 0 Å². The van der Waals surface area contributed by atoms with Crippen LogP contribution in [0.25, 0.3) is 11.5 Å². The van der Waals surface area contributed by atoms with E-state index in [1.54, 1.807) is 6.20 Å². The summed E-state index contributed by atoms with van der Waals surface area (Å²) in [6.07, 6.45) is 3.77. The average molecular weight is 310 g/mol. The smallest absolute Gasteiger partial charge is 0.158 e. The molecule has 17 heavy (non-hydrogen) atoms. The predicted octanol–water partition coefficient (Wildman–Crippen LogP) is 3.92. The quantitative estimate of drug-likeness (QED) is 0.874. The molecule has 0 spiro atoms. The van der Waals surface area contributed by atoms with E-state index in [9.17, 15) is 0 Å². The Morgan fingerprint density at radius 3 is 3.00 bits per heavy atom. The molecule has 0 saturated heterocycles. The van der Waals surface area contributed by atoms with E-state index in [0.717, 1.165) is 28.7 Å². The summed E-state index contributed by atoms with van der Waals surface area (Å²) in [5.74, 6) is 0.716. The molecule has 0 amide bonds. The van der Waals surface area contributed by atoms with Crippen molar-refractivity contribution in [1.29, 1.82) is 0 Å². The standard InChI is InChI=1S/C12H12BrN3S/c1-2-4-8-7-10(17)16-12(15-8)11-9(13)5-3-6-14-11/h3,5-7H,2,4H2,1H3,(H,15,16,17). The number of H-pyrrole nitrogens is 1. The van der Waals surface area contributed by atoms with Crippen LogP contribution in [0.5, 0.6) is 0 Å². The van der Waals surface area contributed by atoms with E-state index >= 15 is 0 Å². The fourth-order valence-corrected chi connectivity index (χ4v) is 2.26. The molecule has 0 bridgehead atoms. The van der Waals surface area contributed by atoms with Crippen LogP contribution in [0.2, 0.25) is 0 Å². The fraction of sp³-hybridized carbons (Fsp3) is 0.250. The number of aryl methyl sites for hydroxylation is 1. The van der Waals surface area contributed by atoms with Gasteiger partial charge in [-0.3, -0.25) is 4.98 Å². The molecule has 0 unspecified atom stereocenters. The SMILES string of the molecule is CCCc1cc(=S)nc(-c2ncccc2Br)[nH]1. The highest BCUT2D eigenvalue weighted by atomic mass is 79.9. The summed E-state index contributed by atoms with van der Waals surface area (Å²) in [6.45, 7) is 2.13. The zero-order valence-electron chi connectivity index (χ0n) is 9.40. The molecule has 2 rings (SSSR count). The summed E-state index contributed by atoms with van der Waals surface area (Å²) < 4.78 is 1.51. The van der Waals surface area contributed by atoms with Gasteiger partial charge in [0.1, 0.15) is 10.3 Å². The van der Waals surface area contributed by atoms with Gasteiger partial charge in [0.05, 0.1) is 0 Å². The Morgan fingerprint density at radius 1 is 1.47 bits per heavy atom. The molecule has 0 aromatic carbocycles. The average Bonchev–Trinajstić information content (AvgIpc) is 2.29. The van der Waals surface area contributed by atoms with E-state index in [0.29, 0.717) is 10.5 Å². The molecule has 5 heteroatoms. The second-order valence-corrected chi connectivity index (χ2v) is 4.95. The van der Waals surface area contributed by atoms with Gasteiger partial charge < -0.3 is 4.98 Å². The molecule has 88 valence electrons. The zero-order chi connectivity index (χ0) is 12.3. The summed E-state index contributed by atoms with van der Waals surface area (Å²) in [5.41, 5.74) is 1.89. The van der Waals surface area contributed by atoms with Gasteiger partial charge in [-0.2, -0.15) is 0 Å². The van der Waals surface area contributed by atoms with Crippen LogP contribution in [0.15, 0.2) is 28.9 Å². The largest absolute Gasteiger partial charge is 0.342 e. The Bertz CT molecular complexity index is 580. The number of hydrogen-bond acceptors (Lipinski definition) is 3. The van der Waals surface area contributed by atoms with Crippen molar-refractivity contribution in [2.75, 3.05) is 0 Å². The second kappa shape index (κ2) is 5.51. The minimum Gasteiger partial charge on any atom is -0.342 e. The minimum atomic E-state index is 0.597. The molecular weight excluding hydrogens is 298 g/mol. The van der Waals surface area contributed by atoms with Gasteiger partial charge in [-0.25, -0.2) is 4.98 Å². The van der Waals surface area contributed by atoms with Crippen LogP contribution in [0, 0.1) is 4.64 Å². The van der Waals surface area contributed by atoms with E-state index in [1.807, 2.05) is 18.2 Å². The van der Waals surface area contributed by atoms with Crippen molar-refractivity contribution in [3.63, 3.8) is 0 Å².